The van der Waals surface area contributed by atoms with Gasteiger partial charge in [0.1, 0.15) is 5.69 Å². The minimum absolute atomic E-state index is 0.204. The number of nitrogens with one attached hydrogen (secondary N) is 1. The summed E-state index contributed by atoms with van der Waals surface area (Å²) >= 11 is 6.10. The third-order valence-corrected chi connectivity index (χ3v) is 6.59. The lowest BCUT2D eigenvalue weighted by Gasteiger charge is -2.40. The number of pyridine rings is 1. The fraction of sp³-hybridized carbons (Fsp3) is 0.333. The lowest BCUT2D eigenvalue weighted by molar-refractivity contribution is -0.143. The predicted molar refractivity (Wildman–Crippen MR) is 118 cm³/mol. The topological polar surface area (TPSA) is 62.2 Å². The molecule has 32 heavy (non-hydrogen) atoms. The van der Waals surface area contributed by atoms with Crippen LogP contribution in [0.3, 0.4) is 0 Å². The van der Waals surface area contributed by atoms with Gasteiger partial charge in [-0.05, 0) is 55.5 Å². The van der Waals surface area contributed by atoms with Crippen LogP contribution in [0.25, 0.3) is 10.9 Å². The number of nitrogens with zero attached hydrogens (tertiary/aromatic N) is 1. The molecule has 4 nitrogen and oxygen atoms in total. The van der Waals surface area contributed by atoms with Crippen LogP contribution in [0.5, 0.6) is 0 Å². The van der Waals surface area contributed by atoms with E-state index < -0.39 is 23.8 Å². The molecule has 0 bridgehead atoms. The summed E-state index contributed by atoms with van der Waals surface area (Å²) in [5.74, 6) is -1.20. The molecule has 1 aliphatic carbocycles. The van der Waals surface area contributed by atoms with E-state index in [1.54, 1.807) is 6.07 Å². The molecule has 0 saturated heterocycles. The van der Waals surface area contributed by atoms with E-state index in [9.17, 15) is 23.1 Å². The monoisotopic (exact) mass is 462 g/mol. The molecule has 8 heteroatoms. The summed E-state index contributed by atoms with van der Waals surface area (Å²) < 4.78 is 40.4. The Labute approximate surface area is 188 Å². The van der Waals surface area contributed by atoms with Gasteiger partial charge in [0.15, 0.2) is 0 Å². The number of aliphatic carboxylic acids is 1. The van der Waals surface area contributed by atoms with Crippen LogP contribution >= 0.6 is 11.6 Å². The van der Waals surface area contributed by atoms with Gasteiger partial charge in [-0.25, -0.2) is 4.98 Å². The van der Waals surface area contributed by atoms with Crippen LogP contribution in [0.4, 0.5) is 18.9 Å². The maximum absolute atomic E-state index is 13.5. The summed E-state index contributed by atoms with van der Waals surface area (Å²) in [7, 11) is 0. The average molecular weight is 463 g/mol. The Morgan fingerprint density at radius 3 is 2.44 bits per heavy atom. The van der Waals surface area contributed by atoms with Crippen LogP contribution in [0.2, 0.25) is 5.02 Å². The minimum atomic E-state index is -4.58. The molecule has 2 N–H and O–H groups in total. The van der Waals surface area contributed by atoms with Crippen molar-refractivity contribution in [1.29, 1.82) is 0 Å². The van der Waals surface area contributed by atoms with E-state index in [-0.39, 0.29) is 10.9 Å². The molecule has 1 heterocycles. The highest BCUT2D eigenvalue weighted by molar-refractivity contribution is 6.31. The second-order valence-corrected chi connectivity index (χ2v) is 8.76. The minimum Gasteiger partial charge on any atom is -0.481 e. The average Bonchev–Trinajstić information content (AvgIpc) is 2.77. The highest BCUT2D eigenvalue weighted by atomic mass is 35.5. The number of alkyl halides is 3. The quantitative estimate of drug-likeness (QED) is 0.452. The van der Waals surface area contributed by atoms with Gasteiger partial charge in [-0.2, -0.15) is 13.2 Å². The van der Waals surface area contributed by atoms with Gasteiger partial charge in [0.05, 0.1) is 11.4 Å². The first-order valence-corrected chi connectivity index (χ1v) is 10.8. The van der Waals surface area contributed by atoms with Crippen LogP contribution in [-0.2, 0) is 16.4 Å². The van der Waals surface area contributed by atoms with Crippen LogP contribution < -0.4 is 5.32 Å². The van der Waals surface area contributed by atoms with Crippen molar-refractivity contribution < 1.29 is 23.1 Å². The number of rotatable bonds is 5. The fourth-order valence-electron chi connectivity index (χ4n) is 4.53. The van der Waals surface area contributed by atoms with Crippen molar-refractivity contribution in [3.05, 3.63) is 70.9 Å². The first-order valence-electron chi connectivity index (χ1n) is 10.4. The molecule has 1 aromatic heterocycles. The van der Waals surface area contributed by atoms with Crippen molar-refractivity contribution in [2.24, 2.45) is 5.92 Å². The van der Waals surface area contributed by atoms with E-state index in [0.717, 1.165) is 11.6 Å². The number of hydrogen-bond donors (Lipinski definition) is 2. The first-order chi connectivity index (χ1) is 15.2. The van der Waals surface area contributed by atoms with Crippen molar-refractivity contribution in [2.75, 3.05) is 11.9 Å². The van der Waals surface area contributed by atoms with E-state index in [0.29, 0.717) is 48.3 Å². The van der Waals surface area contributed by atoms with Gasteiger partial charge >= 0.3 is 12.1 Å². The summed E-state index contributed by atoms with van der Waals surface area (Å²) in [5, 5.41) is 13.5. The molecule has 0 radical (unpaired) electrons. The summed E-state index contributed by atoms with van der Waals surface area (Å²) in [5.41, 5.74) is 0.192. The number of aromatic nitrogens is 1. The molecule has 0 unspecified atom stereocenters. The molecule has 168 valence electrons. The lowest BCUT2D eigenvalue weighted by atomic mass is 9.66. The van der Waals surface area contributed by atoms with Crippen molar-refractivity contribution in [1.82, 2.24) is 4.98 Å². The first kappa shape index (κ1) is 22.4. The summed E-state index contributed by atoms with van der Waals surface area (Å²) in [6.07, 6.45) is -2.31. The van der Waals surface area contributed by atoms with E-state index >= 15 is 0 Å². The van der Waals surface area contributed by atoms with Crippen LogP contribution in [0, 0.1) is 5.92 Å². The Balaban J connectivity index is 1.71. The molecule has 0 aliphatic heterocycles. The van der Waals surface area contributed by atoms with Crippen molar-refractivity contribution >= 4 is 34.2 Å². The summed E-state index contributed by atoms with van der Waals surface area (Å²) in [4.78, 5) is 15.2. The van der Waals surface area contributed by atoms with Gasteiger partial charge in [0, 0.05) is 28.1 Å². The molecular weight excluding hydrogens is 441 g/mol. The maximum atomic E-state index is 13.5. The molecule has 1 saturated carbocycles. The Morgan fingerprint density at radius 2 is 1.81 bits per heavy atom. The Bertz CT molecular complexity index is 1130. The molecular formula is C24H22ClF3N2O2. The van der Waals surface area contributed by atoms with E-state index in [4.69, 9.17) is 11.6 Å². The van der Waals surface area contributed by atoms with Gasteiger partial charge in [0.25, 0.3) is 0 Å². The number of carboxylic acid groups (broad SMARTS) is 1. The number of hydrogen-bond acceptors (Lipinski definition) is 3. The molecule has 1 fully saturated rings. The molecule has 0 amide bonds. The van der Waals surface area contributed by atoms with Gasteiger partial charge in [-0.1, -0.05) is 41.9 Å². The standard InChI is InChI=1S/C24H22ClF3N2O2/c25-17-6-7-19-18(12-17)20(13-21(30-19)24(26,27)28)29-14-23(16-4-2-1-3-5-16)10-8-15(9-11-23)22(31)32/h1-7,12-13,15H,8-11,14H2,(H,29,30)(H,31,32). The smallest absolute Gasteiger partial charge is 0.433 e. The van der Waals surface area contributed by atoms with Gasteiger partial charge in [-0.15, -0.1) is 0 Å². The molecule has 4 rings (SSSR count). The lowest BCUT2D eigenvalue weighted by Crippen LogP contribution is -2.39. The predicted octanol–water partition coefficient (Wildman–Crippen LogP) is 6.53. The highest BCUT2D eigenvalue weighted by Gasteiger charge is 2.39. The van der Waals surface area contributed by atoms with Crippen molar-refractivity contribution in [3.63, 3.8) is 0 Å². The number of fused-ring (bicyclic) bond motifs is 1. The SMILES string of the molecule is O=C(O)C1CCC(CNc2cc(C(F)(F)F)nc3ccc(Cl)cc23)(c2ccccc2)CC1. The van der Waals surface area contributed by atoms with Crippen LogP contribution in [-0.4, -0.2) is 22.6 Å². The second kappa shape index (κ2) is 8.62. The third-order valence-electron chi connectivity index (χ3n) is 6.36. The maximum Gasteiger partial charge on any atom is 0.433 e. The molecule has 3 aromatic rings. The van der Waals surface area contributed by atoms with Gasteiger partial charge in [0.2, 0.25) is 0 Å². The number of halogens is 4. The molecule has 0 spiro atoms. The zero-order chi connectivity index (χ0) is 22.9. The number of carboxylic acids is 1. The van der Waals surface area contributed by atoms with E-state index in [1.165, 1.54) is 12.1 Å². The molecule has 2 aromatic carbocycles. The summed E-state index contributed by atoms with van der Waals surface area (Å²) in [6.45, 7) is 0.367. The van der Waals surface area contributed by atoms with Gasteiger partial charge < -0.3 is 10.4 Å². The normalized spacial score (nSPS) is 21.4. The third kappa shape index (κ3) is 4.53. The number of benzene rings is 2. The van der Waals surface area contributed by atoms with Crippen LogP contribution in [0.15, 0.2) is 54.6 Å². The zero-order valence-electron chi connectivity index (χ0n) is 17.1. The molecule has 0 atom stereocenters. The number of carbonyl (C=O) groups is 1. The zero-order valence-corrected chi connectivity index (χ0v) is 17.9. The second-order valence-electron chi connectivity index (χ2n) is 8.33. The number of anilines is 1. The fourth-order valence-corrected chi connectivity index (χ4v) is 4.70. The Morgan fingerprint density at radius 1 is 1.12 bits per heavy atom. The van der Waals surface area contributed by atoms with Crippen LogP contribution in [0.1, 0.15) is 36.9 Å². The van der Waals surface area contributed by atoms with Gasteiger partial charge in [-0.3, -0.25) is 4.79 Å². The summed E-state index contributed by atoms with van der Waals surface area (Å²) in [6, 6.07) is 15.3. The van der Waals surface area contributed by atoms with E-state index in [1.807, 2.05) is 30.3 Å². The molecule has 1 aliphatic rings. The van der Waals surface area contributed by atoms with Crippen molar-refractivity contribution in [2.45, 2.75) is 37.3 Å². The Hall–Kier alpha value is -2.80. The Kier molecular flexibility index (Phi) is 6.03. The van der Waals surface area contributed by atoms with Crippen molar-refractivity contribution in [3.8, 4) is 0 Å². The highest BCUT2D eigenvalue weighted by Crippen LogP contribution is 2.43. The van der Waals surface area contributed by atoms with E-state index in [2.05, 4.69) is 10.3 Å². The largest absolute Gasteiger partial charge is 0.481 e.